The lowest BCUT2D eigenvalue weighted by atomic mass is 10.0. The van der Waals surface area contributed by atoms with Crippen LogP contribution in [0.15, 0.2) is 48.5 Å². The van der Waals surface area contributed by atoms with Gasteiger partial charge in [0.05, 0.1) is 5.52 Å². The Hall–Kier alpha value is -3.82. The molecule has 9 heteroatoms. The van der Waals surface area contributed by atoms with Gasteiger partial charge < -0.3 is 14.4 Å². The molecule has 9 nitrogen and oxygen atoms in total. The van der Waals surface area contributed by atoms with Crippen molar-refractivity contribution in [3.63, 3.8) is 0 Å². The van der Waals surface area contributed by atoms with E-state index in [1.807, 2.05) is 12.1 Å². The maximum atomic E-state index is 13.0. The van der Waals surface area contributed by atoms with Gasteiger partial charge in [0.25, 0.3) is 5.91 Å². The number of amides is 3. The van der Waals surface area contributed by atoms with Crippen LogP contribution in [0.4, 0.5) is 0 Å². The molecule has 2 atom stereocenters. The van der Waals surface area contributed by atoms with Gasteiger partial charge in [-0.15, -0.1) is 0 Å². The van der Waals surface area contributed by atoms with E-state index in [0.29, 0.717) is 24.4 Å². The minimum absolute atomic E-state index is 0.0810. The van der Waals surface area contributed by atoms with Gasteiger partial charge in [-0.2, -0.15) is 0 Å². The van der Waals surface area contributed by atoms with Crippen molar-refractivity contribution in [2.24, 2.45) is 0 Å². The molecule has 0 spiro atoms. The molecule has 0 bridgehead atoms. The minimum atomic E-state index is -0.606. The number of aromatic nitrogens is 1. The van der Waals surface area contributed by atoms with Gasteiger partial charge in [-0.25, -0.2) is 0 Å². The molecule has 1 saturated carbocycles. The summed E-state index contributed by atoms with van der Waals surface area (Å²) in [6, 6.07) is 16.1. The molecule has 1 N–H and O–H groups in total. The van der Waals surface area contributed by atoms with Crippen LogP contribution in [0.3, 0.4) is 0 Å². The number of carbonyl (C=O) groups excluding carboxylic acids is 3. The van der Waals surface area contributed by atoms with Gasteiger partial charge in [0.2, 0.25) is 11.8 Å². The molecule has 3 aliphatic heterocycles. The normalized spacial score (nSPS) is 22.5. The number of nitrogens with zero attached hydrogens (tertiary/aromatic N) is 3. The molecule has 4 heterocycles. The lowest BCUT2D eigenvalue weighted by Gasteiger charge is -2.29. The Balaban J connectivity index is 0.00000105. The van der Waals surface area contributed by atoms with Crippen molar-refractivity contribution >= 4 is 28.6 Å². The quantitative estimate of drug-likeness (QED) is 0.424. The number of hydrogen-bond donors (Lipinski definition) is 1. The Labute approximate surface area is 252 Å². The zero-order valence-corrected chi connectivity index (χ0v) is 25.0. The first-order valence-electron chi connectivity index (χ1n) is 15.4. The molecule has 226 valence electrons. The number of benzene rings is 2. The summed E-state index contributed by atoms with van der Waals surface area (Å²) in [5.41, 5.74) is 5.08. The second kappa shape index (κ2) is 12.8. The van der Waals surface area contributed by atoms with Crippen LogP contribution in [0, 0.1) is 0 Å². The highest BCUT2D eigenvalue weighted by molar-refractivity contribution is 6.05. The molecular weight excluding hydrogens is 544 g/mol. The third kappa shape index (κ3) is 6.43. The molecule has 3 fully saturated rings. The van der Waals surface area contributed by atoms with Crippen LogP contribution in [0.1, 0.15) is 78.0 Å². The fourth-order valence-corrected chi connectivity index (χ4v) is 6.85. The number of piperidine rings is 1. The van der Waals surface area contributed by atoms with Gasteiger partial charge in [0.15, 0.2) is 0 Å². The number of rotatable bonds is 6. The monoisotopic (exact) mass is 584 g/mol. The van der Waals surface area contributed by atoms with Crippen molar-refractivity contribution in [3.8, 4) is 5.75 Å². The molecule has 7 rings (SSSR count). The summed E-state index contributed by atoms with van der Waals surface area (Å²) in [5.74, 6) is 0.539. The maximum Gasteiger partial charge on any atom is 0.255 e. The maximum absolute atomic E-state index is 13.0. The molecular formula is C34H40N4O5. The lowest BCUT2D eigenvalue weighted by Crippen LogP contribution is -2.52. The molecule has 2 saturated heterocycles. The largest absolute Gasteiger partial charge is 0.489 e. The summed E-state index contributed by atoms with van der Waals surface area (Å²) in [6.45, 7) is 3.04. The number of fused-ring (bicyclic) bond motifs is 2. The Morgan fingerprint density at radius 2 is 1.77 bits per heavy atom. The second-order valence-electron chi connectivity index (χ2n) is 12.1. The van der Waals surface area contributed by atoms with Crippen LogP contribution in [0.5, 0.6) is 5.75 Å². The van der Waals surface area contributed by atoms with E-state index in [4.69, 9.17) is 9.72 Å². The molecule has 2 unspecified atom stereocenters. The summed E-state index contributed by atoms with van der Waals surface area (Å²) in [7, 11) is 3.25. The molecule has 43 heavy (non-hydrogen) atoms. The molecule has 3 aromatic rings. The average molecular weight is 585 g/mol. The van der Waals surface area contributed by atoms with Gasteiger partial charge >= 0.3 is 0 Å². The van der Waals surface area contributed by atoms with Crippen molar-refractivity contribution in [1.29, 1.82) is 0 Å². The highest BCUT2D eigenvalue weighted by Crippen LogP contribution is 2.34. The van der Waals surface area contributed by atoms with Crippen LogP contribution in [0.2, 0.25) is 0 Å². The summed E-state index contributed by atoms with van der Waals surface area (Å²) in [4.78, 5) is 45.8. The molecule has 1 aliphatic carbocycles. The summed E-state index contributed by atoms with van der Waals surface area (Å²) in [5, 5.41) is 3.55. The van der Waals surface area contributed by atoms with E-state index >= 15 is 0 Å². The summed E-state index contributed by atoms with van der Waals surface area (Å²) >= 11 is 0. The van der Waals surface area contributed by atoms with Crippen molar-refractivity contribution in [2.75, 3.05) is 27.3 Å². The van der Waals surface area contributed by atoms with E-state index in [-0.39, 0.29) is 24.3 Å². The number of methoxy groups -OCH3 is 1. The van der Waals surface area contributed by atoms with E-state index < -0.39 is 11.9 Å². The Bertz CT molecular complexity index is 1520. The molecule has 4 aliphatic rings. The number of pyridine rings is 1. The van der Waals surface area contributed by atoms with Crippen LogP contribution >= 0.6 is 0 Å². The second-order valence-corrected chi connectivity index (χ2v) is 12.1. The van der Waals surface area contributed by atoms with Crippen LogP contribution in [-0.2, 0) is 27.4 Å². The van der Waals surface area contributed by atoms with Crippen LogP contribution < -0.4 is 10.1 Å². The van der Waals surface area contributed by atoms with Gasteiger partial charge in [-0.3, -0.25) is 29.6 Å². The van der Waals surface area contributed by atoms with E-state index in [1.165, 1.54) is 42.3 Å². The van der Waals surface area contributed by atoms with Gasteiger partial charge in [-0.05, 0) is 73.2 Å². The minimum Gasteiger partial charge on any atom is -0.489 e. The highest BCUT2D eigenvalue weighted by atomic mass is 16.5. The standard InChI is InChI=1S/C32H34N4O4.C2H6O/c37-30-12-11-29(31(38)34-30)36-18-23-16-24(7-8-26(23)32(36)39)40-25-13-14-35(19-25)17-20-5-9-28-22(15-20)6-10-27(33-28)21-3-1-2-4-21;1-3-2/h5-10,15-16,21,25,29H,1-4,11-14,17-19H2,(H,34,37,38);1-2H3. The summed E-state index contributed by atoms with van der Waals surface area (Å²) in [6.07, 6.45) is 6.80. The third-order valence-corrected chi connectivity index (χ3v) is 8.98. The Kier molecular flexibility index (Phi) is 8.72. The lowest BCUT2D eigenvalue weighted by molar-refractivity contribution is -0.136. The van der Waals surface area contributed by atoms with Crippen LogP contribution in [-0.4, -0.2) is 72.0 Å². The molecule has 1 aromatic heterocycles. The molecule has 3 amide bonds. The number of nitrogens with one attached hydrogen (secondary N) is 1. The summed E-state index contributed by atoms with van der Waals surface area (Å²) < 4.78 is 10.6. The van der Waals surface area contributed by atoms with Gasteiger partial charge in [0.1, 0.15) is 17.9 Å². The molecule has 0 radical (unpaired) electrons. The number of imide groups is 1. The first-order valence-corrected chi connectivity index (χ1v) is 15.4. The number of hydrogen-bond acceptors (Lipinski definition) is 7. The van der Waals surface area contributed by atoms with Gasteiger partial charge in [0, 0.05) is 69.4 Å². The Morgan fingerprint density at radius 1 is 0.953 bits per heavy atom. The van der Waals surface area contributed by atoms with E-state index in [1.54, 1.807) is 25.2 Å². The van der Waals surface area contributed by atoms with E-state index in [0.717, 1.165) is 42.9 Å². The SMILES string of the molecule is COC.O=C1CCC(N2Cc3cc(OC4CCN(Cc5ccc6nc(C7CCCC7)ccc6c5)C4)ccc3C2=O)C(=O)N1. The zero-order valence-electron chi connectivity index (χ0n) is 25.0. The number of likely N-dealkylation sites (tertiary alicyclic amines) is 1. The fraction of sp³-hybridized carbons (Fsp3) is 0.471. The van der Waals surface area contributed by atoms with E-state index in [2.05, 4.69) is 45.3 Å². The third-order valence-electron chi connectivity index (χ3n) is 8.98. The van der Waals surface area contributed by atoms with Crippen molar-refractivity contribution in [1.82, 2.24) is 20.1 Å². The first-order chi connectivity index (χ1) is 20.9. The fourth-order valence-electron chi connectivity index (χ4n) is 6.85. The smallest absolute Gasteiger partial charge is 0.255 e. The van der Waals surface area contributed by atoms with Crippen molar-refractivity contribution in [3.05, 3.63) is 70.9 Å². The Morgan fingerprint density at radius 3 is 2.56 bits per heavy atom. The predicted molar refractivity (Wildman–Crippen MR) is 163 cm³/mol. The zero-order chi connectivity index (χ0) is 29.9. The average Bonchev–Trinajstić information content (AvgIpc) is 3.75. The molecule has 2 aromatic carbocycles. The van der Waals surface area contributed by atoms with Crippen molar-refractivity contribution < 1.29 is 23.9 Å². The number of carbonyl (C=O) groups is 3. The van der Waals surface area contributed by atoms with E-state index in [9.17, 15) is 14.4 Å². The highest BCUT2D eigenvalue weighted by Gasteiger charge is 2.39. The van der Waals surface area contributed by atoms with Gasteiger partial charge in [-0.1, -0.05) is 25.0 Å². The van der Waals surface area contributed by atoms with Crippen molar-refractivity contribution in [2.45, 2.75) is 76.1 Å². The van der Waals surface area contributed by atoms with Crippen LogP contribution in [0.25, 0.3) is 10.9 Å². The number of ether oxygens (including phenoxy) is 2. The first kappa shape index (κ1) is 29.3. The topological polar surface area (TPSA) is 101 Å². The predicted octanol–water partition coefficient (Wildman–Crippen LogP) is 4.57.